The lowest BCUT2D eigenvalue weighted by atomic mass is 10.1. The van der Waals surface area contributed by atoms with Crippen molar-refractivity contribution in [2.45, 2.75) is 20.0 Å². The number of aromatic nitrogens is 2. The van der Waals surface area contributed by atoms with E-state index in [2.05, 4.69) is 5.10 Å². The summed E-state index contributed by atoms with van der Waals surface area (Å²) in [6, 6.07) is 11.0. The number of hydrogen-bond donors (Lipinski definition) is 0. The average molecular weight is 362 g/mol. The van der Waals surface area contributed by atoms with Gasteiger partial charge in [0.15, 0.2) is 0 Å². The topological polar surface area (TPSA) is 55.2 Å². The van der Waals surface area contributed by atoms with Crippen LogP contribution in [0.15, 0.2) is 41.2 Å². The van der Waals surface area contributed by atoms with Crippen LogP contribution >= 0.6 is 22.9 Å². The Hall–Kier alpha value is -2.18. The Balaban J connectivity index is 1.82. The van der Waals surface area contributed by atoms with Crippen molar-refractivity contribution >= 4 is 39.6 Å². The van der Waals surface area contributed by atoms with Gasteiger partial charge in [-0.05, 0) is 25.1 Å². The van der Waals surface area contributed by atoms with Crippen LogP contribution in [-0.4, -0.2) is 27.6 Å². The number of hydrogen-bond acceptors (Lipinski definition) is 4. The summed E-state index contributed by atoms with van der Waals surface area (Å²) in [7, 11) is 1.70. The second-order valence-electron chi connectivity index (χ2n) is 5.55. The van der Waals surface area contributed by atoms with Crippen LogP contribution in [0.1, 0.15) is 10.6 Å². The minimum atomic E-state index is -0.253. The molecule has 0 atom stereocenters. The van der Waals surface area contributed by atoms with Crippen LogP contribution in [0, 0.1) is 6.92 Å². The molecule has 5 nitrogen and oxygen atoms in total. The molecule has 1 amide bonds. The molecular formula is C17H16ClN3O2S. The first-order valence-corrected chi connectivity index (χ1v) is 8.60. The normalized spacial score (nSPS) is 11.0. The van der Waals surface area contributed by atoms with Crippen LogP contribution < -0.4 is 5.56 Å². The maximum absolute atomic E-state index is 12.5. The second kappa shape index (κ2) is 6.75. The lowest BCUT2D eigenvalue weighted by Crippen LogP contribution is -2.35. The van der Waals surface area contributed by atoms with Gasteiger partial charge in [-0.3, -0.25) is 9.59 Å². The summed E-state index contributed by atoms with van der Waals surface area (Å²) < 4.78 is 1.92. The molecule has 0 spiro atoms. The Kier molecular flexibility index (Phi) is 4.69. The van der Waals surface area contributed by atoms with Crippen molar-refractivity contribution in [1.82, 2.24) is 14.7 Å². The van der Waals surface area contributed by atoms with E-state index in [1.165, 1.54) is 16.0 Å². The number of likely N-dealkylation sites (N-methyl/N-ethyl adjacent to an activating group) is 1. The fourth-order valence-corrected chi connectivity index (χ4v) is 3.66. The van der Waals surface area contributed by atoms with E-state index in [0.29, 0.717) is 16.3 Å². The van der Waals surface area contributed by atoms with Crippen LogP contribution in [0.3, 0.4) is 0 Å². The standard InChI is InChI=1S/C17H16ClN3O2S/c1-11-13-5-3-4-6-14(13)17(23)21(19-11)10-16(22)20(2)9-12-7-8-15(18)24-12/h3-8H,9-10H2,1-2H3. The molecule has 0 fully saturated rings. The van der Waals surface area contributed by atoms with Gasteiger partial charge in [-0.25, -0.2) is 4.68 Å². The molecule has 2 aromatic heterocycles. The maximum Gasteiger partial charge on any atom is 0.275 e. The molecule has 0 aliphatic rings. The summed E-state index contributed by atoms with van der Waals surface area (Å²) in [5.74, 6) is -0.177. The van der Waals surface area contributed by atoms with Crippen LogP contribution in [0.5, 0.6) is 0 Å². The molecule has 3 aromatic rings. The summed E-state index contributed by atoms with van der Waals surface area (Å²) in [4.78, 5) is 27.5. The van der Waals surface area contributed by atoms with Gasteiger partial charge in [-0.15, -0.1) is 11.3 Å². The van der Waals surface area contributed by atoms with E-state index in [1.807, 2.05) is 31.2 Å². The minimum Gasteiger partial charge on any atom is -0.339 e. The number of halogens is 1. The fourth-order valence-electron chi connectivity index (χ4n) is 2.52. The van der Waals surface area contributed by atoms with Gasteiger partial charge in [0.25, 0.3) is 5.56 Å². The molecule has 0 saturated carbocycles. The lowest BCUT2D eigenvalue weighted by molar-refractivity contribution is -0.131. The van der Waals surface area contributed by atoms with Crippen LogP contribution in [-0.2, 0) is 17.9 Å². The van der Waals surface area contributed by atoms with Gasteiger partial charge in [-0.1, -0.05) is 29.8 Å². The van der Waals surface area contributed by atoms with Crippen LogP contribution in [0.25, 0.3) is 10.8 Å². The number of benzene rings is 1. The quantitative estimate of drug-likeness (QED) is 0.717. The highest BCUT2D eigenvalue weighted by molar-refractivity contribution is 7.16. The zero-order valence-electron chi connectivity index (χ0n) is 13.3. The lowest BCUT2D eigenvalue weighted by Gasteiger charge is -2.17. The summed E-state index contributed by atoms with van der Waals surface area (Å²) in [6.45, 7) is 2.21. The number of carbonyl (C=O) groups is 1. The largest absolute Gasteiger partial charge is 0.339 e. The molecule has 3 rings (SSSR count). The van der Waals surface area contributed by atoms with Gasteiger partial charge in [-0.2, -0.15) is 5.10 Å². The molecule has 0 saturated heterocycles. The van der Waals surface area contributed by atoms with Crippen molar-refractivity contribution in [3.8, 4) is 0 Å². The summed E-state index contributed by atoms with van der Waals surface area (Å²) >= 11 is 7.34. The Bertz CT molecular complexity index is 964. The first-order chi connectivity index (χ1) is 11.5. The zero-order valence-corrected chi connectivity index (χ0v) is 14.9. The van der Waals surface area contributed by atoms with Crippen LogP contribution in [0.2, 0.25) is 4.34 Å². The van der Waals surface area contributed by atoms with E-state index in [4.69, 9.17) is 11.6 Å². The molecule has 0 unspecified atom stereocenters. The number of amides is 1. The van der Waals surface area contributed by atoms with Crippen molar-refractivity contribution in [1.29, 1.82) is 0 Å². The zero-order chi connectivity index (χ0) is 17.3. The van der Waals surface area contributed by atoms with Crippen LogP contribution in [0.4, 0.5) is 0 Å². The minimum absolute atomic E-state index is 0.0832. The maximum atomic E-state index is 12.5. The highest BCUT2D eigenvalue weighted by Gasteiger charge is 2.15. The summed E-state index contributed by atoms with van der Waals surface area (Å²) in [5, 5.41) is 5.66. The third kappa shape index (κ3) is 3.34. The molecule has 2 heterocycles. The molecule has 124 valence electrons. The Morgan fingerprint density at radius 1 is 1.25 bits per heavy atom. The SMILES string of the molecule is Cc1nn(CC(=O)N(C)Cc2ccc(Cl)s2)c(=O)c2ccccc12. The fraction of sp³-hybridized carbons (Fsp3) is 0.235. The number of thiophene rings is 1. The Morgan fingerprint density at radius 3 is 2.62 bits per heavy atom. The average Bonchev–Trinajstić information content (AvgIpc) is 2.97. The second-order valence-corrected chi connectivity index (χ2v) is 7.35. The predicted octanol–water partition coefficient (Wildman–Crippen LogP) is 3.08. The Labute approximate surface area is 148 Å². The van der Waals surface area contributed by atoms with E-state index in [0.717, 1.165) is 16.0 Å². The van der Waals surface area contributed by atoms with E-state index >= 15 is 0 Å². The molecular weight excluding hydrogens is 346 g/mol. The number of aryl methyl sites for hydroxylation is 1. The van der Waals surface area contributed by atoms with Gasteiger partial charge in [0.05, 0.1) is 22.0 Å². The highest BCUT2D eigenvalue weighted by atomic mass is 35.5. The van der Waals surface area contributed by atoms with E-state index < -0.39 is 0 Å². The smallest absolute Gasteiger partial charge is 0.275 e. The molecule has 24 heavy (non-hydrogen) atoms. The van der Waals surface area contributed by atoms with Crippen molar-refractivity contribution in [3.05, 3.63) is 61.7 Å². The monoisotopic (exact) mass is 361 g/mol. The van der Waals surface area contributed by atoms with E-state index in [-0.39, 0.29) is 18.0 Å². The van der Waals surface area contributed by atoms with Crippen molar-refractivity contribution in [3.63, 3.8) is 0 Å². The number of carbonyl (C=O) groups excluding carboxylic acids is 1. The third-order valence-corrected chi connectivity index (χ3v) is 5.00. The van der Waals surface area contributed by atoms with Crippen molar-refractivity contribution < 1.29 is 4.79 Å². The molecule has 0 N–H and O–H groups in total. The first-order valence-electron chi connectivity index (χ1n) is 7.40. The molecule has 0 aliphatic carbocycles. The highest BCUT2D eigenvalue weighted by Crippen LogP contribution is 2.22. The van der Waals surface area contributed by atoms with E-state index in [1.54, 1.807) is 24.1 Å². The Morgan fingerprint density at radius 2 is 1.96 bits per heavy atom. The molecule has 7 heteroatoms. The van der Waals surface area contributed by atoms with Crippen molar-refractivity contribution in [2.75, 3.05) is 7.05 Å². The summed E-state index contributed by atoms with van der Waals surface area (Å²) in [6.07, 6.45) is 0. The first kappa shape index (κ1) is 16.7. The number of nitrogens with zero attached hydrogens (tertiary/aromatic N) is 3. The number of rotatable bonds is 4. The van der Waals surface area contributed by atoms with Gasteiger partial charge in [0.1, 0.15) is 6.54 Å². The van der Waals surface area contributed by atoms with Crippen molar-refractivity contribution in [2.24, 2.45) is 0 Å². The van der Waals surface area contributed by atoms with E-state index in [9.17, 15) is 9.59 Å². The predicted molar refractivity (Wildman–Crippen MR) is 96.5 cm³/mol. The molecule has 0 radical (unpaired) electrons. The third-order valence-electron chi connectivity index (χ3n) is 3.79. The number of fused-ring (bicyclic) bond motifs is 1. The van der Waals surface area contributed by atoms with Gasteiger partial charge in [0, 0.05) is 17.3 Å². The molecule has 0 bridgehead atoms. The molecule has 1 aromatic carbocycles. The summed E-state index contributed by atoms with van der Waals surface area (Å²) in [5.41, 5.74) is 0.475. The van der Waals surface area contributed by atoms with Gasteiger partial charge >= 0.3 is 0 Å². The van der Waals surface area contributed by atoms with Gasteiger partial charge < -0.3 is 4.90 Å². The van der Waals surface area contributed by atoms with Gasteiger partial charge in [0.2, 0.25) is 5.91 Å². The molecule has 0 aliphatic heterocycles.